The second-order valence-electron chi connectivity index (χ2n) is 15.9. The summed E-state index contributed by atoms with van der Waals surface area (Å²) in [4.78, 5) is 36.4. The number of halogens is 2. The maximum absolute atomic E-state index is 14.6. The number of rotatable bonds is 8. The molecule has 4 aromatic rings. The van der Waals surface area contributed by atoms with Crippen molar-refractivity contribution < 1.29 is 18.4 Å². The quantitative estimate of drug-likeness (QED) is 0.193. The first kappa shape index (κ1) is 36.2. The fourth-order valence-corrected chi connectivity index (χ4v) is 8.85. The Morgan fingerprint density at radius 3 is 2.74 bits per heavy atom. The number of alkyl halides is 1. The molecule has 0 aliphatic carbocycles. The Bertz CT molecular complexity index is 2120. The lowest BCUT2D eigenvalue weighted by Gasteiger charge is -2.42. The number of anilines is 2. The Morgan fingerprint density at radius 1 is 1.11 bits per heavy atom. The van der Waals surface area contributed by atoms with Crippen molar-refractivity contribution in [3.63, 3.8) is 0 Å². The van der Waals surface area contributed by atoms with Crippen LogP contribution in [0, 0.1) is 11.3 Å². The molecule has 8 rings (SSSR count). The lowest BCUT2D eigenvalue weighted by Crippen LogP contribution is -2.55. The second-order valence-corrected chi connectivity index (χ2v) is 16.3. The summed E-state index contributed by atoms with van der Waals surface area (Å²) in [6.07, 6.45) is 5.27. The van der Waals surface area contributed by atoms with Gasteiger partial charge in [0, 0.05) is 73.3 Å². The zero-order valence-corrected chi connectivity index (χ0v) is 31.7. The highest BCUT2D eigenvalue weighted by Gasteiger charge is 2.49. The van der Waals surface area contributed by atoms with E-state index in [-0.39, 0.29) is 41.2 Å². The van der Waals surface area contributed by atoms with Crippen LogP contribution in [0.15, 0.2) is 47.0 Å². The van der Waals surface area contributed by atoms with Crippen LogP contribution < -0.4 is 14.5 Å². The standard InChI is InChI=1S/C40H45ClFN9O3/c1-39(2,3)37-45-33(54-47-37)11-12-34(52)51-20-19-49(23-28(51)13-16-43)36-29-14-18-48(32-10-5-8-26-7-4-9-30(41)35(26)32)24-31(29)44-38(46-36)53-25-40-15-6-17-50(40)22-27(42)21-40/h4-5,7-12,27-28H,6,13-15,17-25H2,1-3H3/b12-11+/t27-,28+,40+/m1/s1. The molecule has 4 aliphatic rings. The van der Waals surface area contributed by atoms with Crippen LogP contribution in [0.4, 0.5) is 15.9 Å². The molecule has 0 saturated carbocycles. The van der Waals surface area contributed by atoms with Gasteiger partial charge in [-0.1, -0.05) is 61.8 Å². The van der Waals surface area contributed by atoms with Crippen LogP contribution in [0.3, 0.4) is 0 Å². The minimum atomic E-state index is -0.867. The van der Waals surface area contributed by atoms with Gasteiger partial charge < -0.3 is 24.0 Å². The van der Waals surface area contributed by atoms with Gasteiger partial charge in [0.1, 0.15) is 18.6 Å². The highest BCUT2D eigenvalue weighted by Crippen LogP contribution is 2.41. The van der Waals surface area contributed by atoms with Crippen molar-refractivity contribution in [1.29, 1.82) is 5.26 Å². The maximum atomic E-state index is 14.6. The van der Waals surface area contributed by atoms with Gasteiger partial charge in [0.25, 0.3) is 5.89 Å². The SMILES string of the molecule is CC(C)(C)c1noc(/C=C/C(=O)N2CCN(c3nc(OC[C@@]45CCCN4C[C@H](F)C5)nc4c3CCN(c3cccc5cccc(Cl)c35)C4)C[C@@H]2CC#N)n1. The van der Waals surface area contributed by atoms with E-state index in [1.807, 2.05) is 39.0 Å². The van der Waals surface area contributed by atoms with Crippen molar-refractivity contribution in [2.45, 2.75) is 82.6 Å². The Hall–Kier alpha value is -4.80. The van der Waals surface area contributed by atoms with Crippen molar-refractivity contribution >= 4 is 45.9 Å². The first-order chi connectivity index (χ1) is 26.0. The number of carbonyl (C=O) groups is 1. The number of nitriles is 1. The molecule has 4 aliphatic heterocycles. The van der Waals surface area contributed by atoms with Crippen LogP contribution in [0.5, 0.6) is 6.01 Å². The van der Waals surface area contributed by atoms with E-state index in [2.05, 4.69) is 49.1 Å². The van der Waals surface area contributed by atoms with Gasteiger partial charge in [-0.3, -0.25) is 9.69 Å². The number of benzene rings is 2. The minimum Gasteiger partial charge on any atom is -0.461 e. The predicted molar refractivity (Wildman–Crippen MR) is 204 cm³/mol. The molecular weight excluding hydrogens is 709 g/mol. The Morgan fingerprint density at radius 2 is 1.94 bits per heavy atom. The van der Waals surface area contributed by atoms with Crippen LogP contribution in [-0.4, -0.2) is 99.4 Å². The highest BCUT2D eigenvalue weighted by molar-refractivity contribution is 6.36. The van der Waals surface area contributed by atoms with Crippen molar-refractivity contribution in [3.05, 3.63) is 70.5 Å². The summed E-state index contributed by atoms with van der Waals surface area (Å²) in [6, 6.07) is 14.3. The smallest absolute Gasteiger partial charge is 0.318 e. The van der Waals surface area contributed by atoms with Gasteiger partial charge in [-0.05, 0) is 43.3 Å². The van der Waals surface area contributed by atoms with Gasteiger partial charge in [0.05, 0.1) is 41.3 Å². The average Bonchev–Trinajstić information content (AvgIpc) is 3.87. The molecule has 6 heterocycles. The molecular formula is C40H45ClFN9O3. The number of aromatic nitrogens is 4. The summed E-state index contributed by atoms with van der Waals surface area (Å²) >= 11 is 6.76. The molecule has 282 valence electrons. The molecule has 0 N–H and O–H groups in total. The summed E-state index contributed by atoms with van der Waals surface area (Å²) in [5.74, 6) is 1.34. The third-order valence-electron chi connectivity index (χ3n) is 11.3. The van der Waals surface area contributed by atoms with E-state index in [9.17, 15) is 14.4 Å². The Balaban J connectivity index is 1.08. The summed E-state index contributed by atoms with van der Waals surface area (Å²) in [6.45, 7) is 10.1. The van der Waals surface area contributed by atoms with Gasteiger partial charge in [-0.25, -0.2) is 4.39 Å². The summed E-state index contributed by atoms with van der Waals surface area (Å²) in [5, 5.41) is 16.7. The minimum absolute atomic E-state index is 0.153. The first-order valence-corrected chi connectivity index (χ1v) is 19.2. The molecule has 3 atom stereocenters. The molecule has 1 amide bonds. The number of fused-ring (bicyclic) bond motifs is 3. The molecule has 0 radical (unpaired) electrons. The summed E-state index contributed by atoms with van der Waals surface area (Å²) in [5.41, 5.74) is 2.28. The average molecular weight is 754 g/mol. The molecule has 54 heavy (non-hydrogen) atoms. The lowest BCUT2D eigenvalue weighted by molar-refractivity contribution is -0.128. The number of hydrogen-bond donors (Lipinski definition) is 0. The Kier molecular flexibility index (Phi) is 9.69. The largest absolute Gasteiger partial charge is 0.461 e. The highest BCUT2D eigenvalue weighted by atomic mass is 35.5. The van der Waals surface area contributed by atoms with E-state index >= 15 is 0 Å². The van der Waals surface area contributed by atoms with Crippen molar-refractivity contribution in [2.24, 2.45) is 0 Å². The third kappa shape index (κ3) is 6.97. The first-order valence-electron chi connectivity index (χ1n) is 18.8. The zero-order chi connectivity index (χ0) is 37.6. The molecule has 2 aromatic carbocycles. The number of amides is 1. The number of piperazine rings is 1. The van der Waals surface area contributed by atoms with Crippen molar-refractivity contribution in [2.75, 3.05) is 55.7 Å². The predicted octanol–water partition coefficient (Wildman–Crippen LogP) is 6.13. The van der Waals surface area contributed by atoms with Crippen LogP contribution in [0.1, 0.15) is 69.4 Å². The maximum Gasteiger partial charge on any atom is 0.318 e. The van der Waals surface area contributed by atoms with E-state index in [1.54, 1.807) is 4.90 Å². The van der Waals surface area contributed by atoms with Gasteiger partial charge in [-0.15, -0.1) is 0 Å². The molecule has 3 saturated heterocycles. The summed E-state index contributed by atoms with van der Waals surface area (Å²) in [7, 11) is 0. The van der Waals surface area contributed by atoms with Crippen LogP contribution in [0.25, 0.3) is 16.8 Å². The molecule has 0 unspecified atom stereocenters. The van der Waals surface area contributed by atoms with E-state index in [0.29, 0.717) is 63.0 Å². The van der Waals surface area contributed by atoms with Gasteiger partial charge in [0.2, 0.25) is 5.91 Å². The fourth-order valence-electron chi connectivity index (χ4n) is 8.57. The second kappa shape index (κ2) is 14.5. The van der Waals surface area contributed by atoms with Gasteiger partial charge in [-0.2, -0.15) is 20.2 Å². The van der Waals surface area contributed by atoms with Crippen molar-refractivity contribution in [1.82, 2.24) is 29.9 Å². The monoisotopic (exact) mass is 753 g/mol. The van der Waals surface area contributed by atoms with E-state index in [1.165, 1.54) is 12.2 Å². The van der Waals surface area contributed by atoms with Crippen LogP contribution in [-0.2, 0) is 23.2 Å². The molecule has 14 heteroatoms. The van der Waals surface area contributed by atoms with E-state index < -0.39 is 6.17 Å². The topological polar surface area (TPSA) is 128 Å². The van der Waals surface area contributed by atoms with Gasteiger partial charge >= 0.3 is 6.01 Å². The van der Waals surface area contributed by atoms with Crippen LogP contribution >= 0.6 is 11.6 Å². The van der Waals surface area contributed by atoms with E-state index in [4.69, 9.17) is 30.8 Å². The molecule has 12 nitrogen and oxygen atoms in total. The number of hydrogen-bond acceptors (Lipinski definition) is 11. The molecule has 2 aromatic heterocycles. The molecule has 0 spiro atoms. The number of carbonyl (C=O) groups excluding carboxylic acids is 1. The van der Waals surface area contributed by atoms with Crippen molar-refractivity contribution in [3.8, 4) is 12.1 Å². The fraction of sp³-hybridized carbons (Fsp3) is 0.500. The number of ether oxygens (including phenoxy) is 1. The normalized spacial score (nSPS) is 23.2. The number of nitrogens with zero attached hydrogens (tertiary/aromatic N) is 9. The third-order valence-corrected chi connectivity index (χ3v) is 11.6. The summed E-state index contributed by atoms with van der Waals surface area (Å²) < 4.78 is 26.4. The van der Waals surface area contributed by atoms with Crippen LogP contribution in [0.2, 0.25) is 5.02 Å². The zero-order valence-electron chi connectivity index (χ0n) is 31.0. The lowest BCUT2D eigenvalue weighted by atomic mass is 9.95. The van der Waals surface area contributed by atoms with E-state index in [0.717, 1.165) is 59.5 Å². The molecule has 0 bridgehead atoms. The molecule has 3 fully saturated rings. The van der Waals surface area contributed by atoms with Gasteiger partial charge in [0.15, 0.2) is 5.82 Å². The Labute approximate surface area is 319 Å².